The van der Waals surface area contributed by atoms with Crippen molar-refractivity contribution < 1.29 is 23.8 Å². The summed E-state index contributed by atoms with van der Waals surface area (Å²) < 4.78 is 18.2. The number of aromatic nitrogens is 4. The van der Waals surface area contributed by atoms with Crippen molar-refractivity contribution in [1.82, 2.24) is 19.1 Å². The number of hydrogen-bond acceptors (Lipinski definition) is 9. The molecule has 0 aliphatic carbocycles. The maximum absolute atomic E-state index is 13.2. The van der Waals surface area contributed by atoms with Crippen molar-refractivity contribution in [3.05, 3.63) is 75.5 Å². The van der Waals surface area contributed by atoms with Crippen LogP contribution in [0.4, 0.5) is 4.79 Å². The number of rotatable bonds is 7. The molecule has 200 valence electrons. The third-order valence-electron chi connectivity index (χ3n) is 5.81. The van der Waals surface area contributed by atoms with Gasteiger partial charge in [-0.1, -0.05) is 25.1 Å². The predicted molar refractivity (Wildman–Crippen MR) is 137 cm³/mol. The zero-order chi connectivity index (χ0) is 28.2. The van der Waals surface area contributed by atoms with Gasteiger partial charge in [0.25, 0.3) is 5.56 Å². The Morgan fingerprint density at radius 3 is 2.50 bits per heavy atom. The van der Waals surface area contributed by atoms with Crippen molar-refractivity contribution in [3.8, 4) is 11.8 Å². The van der Waals surface area contributed by atoms with Gasteiger partial charge in [-0.2, -0.15) is 5.26 Å². The monoisotopic (exact) mass is 521 g/mol. The molecule has 2 aromatic heterocycles. The predicted octanol–water partition coefficient (Wildman–Crippen LogP) is 3.75. The van der Waals surface area contributed by atoms with Gasteiger partial charge in [0, 0.05) is 25.1 Å². The Kier molecular flexibility index (Phi) is 8.36. The van der Waals surface area contributed by atoms with Gasteiger partial charge in [-0.05, 0) is 39.3 Å². The van der Waals surface area contributed by atoms with E-state index < -0.39 is 35.1 Å². The molecule has 0 aliphatic rings. The largest absolute Gasteiger partial charge is 0.489 e. The minimum absolute atomic E-state index is 0.0873. The third kappa shape index (κ3) is 5.75. The molecule has 0 aliphatic heterocycles. The SMILES string of the molecule is CCOC(=O)c1nc(C(C)C(c2cn(C(=O)OC(C)(C)C)cn2)c2ccccc2C#N)n(C)c(=O)c1OC. The van der Waals surface area contributed by atoms with Gasteiger partial charge in [-0.3, -0.25) is 9.36 Å². The van der Waals surface area contributed by atoms with Gasteiger partial charge in [-0.25, -0.2) is 24.1 Å². The Hall–Kier alpha value is -4.46. The second-order valence-electron chi connectivity index (χ2n) is 9.59. The molecule has 11 heteroatoms. The molecule has 2 unspecified atom stereocenters. The van der Waals surface area contributed by atoms with E-state index in [0.717, 1.165) is 0 Å². The second-order valence-corrected chi connectivity index (χ2v) is 9.59. The van der Waals surface area contributed by atoms with Gasteiger partial charge in [0.2, 0.25) is 5.75 Å². The highest BCUT2D eigenvalue weighted by molar-refractivity contribution is 5.90. The Bertz CT molecular complexity index is 1440. The lowest BCUT2D eigenvalue weighted by atomic mass is 9.82. The summed E-state index contributed by atoms with van der Waals surface area (Å²) in [5, 5.41) is 9.83. The van der Waals surface area contributed by atoms with E-state index in [9.17, 15) is 19.6 Å². The molecule has 2 heterocycles. The molecule has 3 aromatic rings. The van der Waals surface area contributed by atoms with Crippen molar-refractivity contribution in [2.24, 2.45) is 7.05 Å². The van der Waals surface area contributed by atoms with Crippen LogP contribution >= 0.6 is 0 Å². The normalized spacial score (nSPS) is 12.8. The number of hydrogen-bond donors (Lipinski definition) is 0. The van der Waals surface area contributed by atoms with E-state index >= 15 is 0 Å². The molecule has 38 heavy (non-hydrogen) atoms. The van der Waals surface area contributed by atoms with E-state index in [1.807, 2.05) is 0 Å². The van der Waals surface area contributed by atoms with Gasteiger partial charge < -0.3 is 14.2 Å². The van der Waals surface area contributed by atoms with Gasteiger partial charge in [-0.15, -0.1) is 0 Å². The summed E-state index contributed by atoms with van der Waals surface area (Å²) in [6.07, 6.45) is 2.25. The van der Waals surface area contributed by atoms with Crippen molar-refractivity contribution in [3.63, 3.8) is 0 Å². The van der Waals surface area contributed by atoms with Crippen LogP contribution in [0, 0.1) is 11.3 Å². The molecular weight excluding hydrogens is 490 g/mol. The summed E-state index contributed by atoms with van der Waals surface area (Å²) in [4.78, 5) is 47.4. The standard InChI is InChI=1S/C27H31N5O6/c1-8-37-25(34)21-22(36-7)24(33)31(6)23(30-21)16(2)20(18-12-10-9-11-17(18)13-28)19-14-32(15-29-19)26(35)38-27(3,4)5/h9-12,14-16,20H,8H2,1-7H3. The number of esters is 1. The van der Waals surface area contributed by atoms with E-state index in [4.69, 9.17) is 14.2 Å². The minimum Gasteiger partial charge on any atom is -0.489 e. The molecule has 11 nitrogen and oxygen atoms in total. The van der Waals surface area contributed by atoms with E-state index in [2.05, 4.69) is 16.0 Å². The van der Waals surface area contributed by atoms with Gasteiger partial charge >= 0.3 is 12.1 Å². The number of benzene rings is 1. The molecule has 0 saturated heterocycles. The fraction of sp³-hybridized carbons (Fsp3) is 0.407. The Morgan fingerprint density at radius 1 is 1.21 bits per heavy atom. The van der Waals surface area contributed by atoms with Crippen LogP contribution in [-0.2, 0) is 16.5 Å². The lowest BCUT2D eigenvalue weighted by Crippen LogP contribution is -2.30. The Labute approximate surface area is 220 Å². The summed E-state index contributed by atoms with van der Waals surface area (Å²) in [5.41, 5.74) is -0.0881. The maximum Gasteiger partial charge on any atom is 0.419 e. The average molecular weight is 522 g/mol. The number of ether oxygens (including phenoxy) is 3. The van der Waals surface area contributed by atoms with Crippen molar-refractivity contribution in [2.45, 2.75) is 52.1 Å². The Morgan fingerprint density at radius 2 is 1.89 bits per heavy atom. The zero-order valence-electron chi connectivity index (χ0n) is 22.5. The van der Waals surface area contributed by atoms with Gasteiger partial charge in [0.15, 0.2) is 5.69 Å². The first kappa shape index (κ1) is 28.1. The second kappa shape index (κ2) is 11.3. The van der Waals surface area contributed by atoms with E-state index in [-0.39, 0.29) is 23.9 Å². The molecule has 0 saturated carbocycles. The van der Waals surface area contributed by atoms with Crippen LogP contribution in [0.2, 0.25) is 0 Å². The quantitative estimate of drug-likeness (QED) is 0.425. The topological polar surface area (TPSA) is 138 Å². The molecule has 0 radical (unpaired) electrons. The van der Waals surface area contributed by atoms with Crippen molar-refractivity contribution in [2.75, 3.05) is 13.7 Å². The number of carbonyl (C=O) groups is 2. The fourth-order valence-electron chi connectivity index (χ4n) is 4.14. The number of nitrogens with zero attached hydrogens (tertiary/aromatic N) is 5. The first-order chi connectivity index (χ1) is 17.9. The number of nitriles is 1. The molecular formula is C27H31N5O6. The summed E-state index contributed by atoms with van der Waals surface area (Å²) >= 11 is 0. The van der Waals surface area contributed by atoms with Crippen LogP contribution in [0.1, 0.15) is 79.6 Å². The first-order valence-corrected chi connectivity index (χ1v) is 12.0. The maximum atomic E-state index is 13.2. The van der Waals surface area contributed by atoms with Crippen molar-refractivity contribution in [1.29, 1.82) is 5.26 Å². The van der Waals surface area contributed by atoms with Crippen LogP contribution in [-0.4, -0.2) is 50.5 Å². The highest BCUT2D eigenvalue weighted by atomic mass is 16.6. The lowest BCUT2D eigenvalue weighted by molar-refractivity contribution is 0.0509. The fourth-order valence-corrected chi connectivity index (χ4v) is 4.14. The van der Waals surface area contributed by atoms with Crippen LogP contribution < -0.4 is 10.3 Å². The van der Waals surface area contributed by atoms with E-state index in [0.29, 0.717) is 16.8 Å². The summed E-state index contributed by atoms with van der Waals surface area (Å²) in [6, 6.07) is 9.17. The molecule has 0 amide bonds. The summed E-state index contributed by atoms with van der Waals surface area (Å²) in [7, 11) is 2.80. The molecule has 0 bridgehead atoms. The van der Waals surface area contributed by atoms with E-state index in [1.54, 1.807) is 58.9 Å². The highest BCUT2D eigenvalue weighted by Gasteiger charge is 2.33. The molecule has 3 rings (SSSR count). The Balaban J connectivity index is 2.22. The van der Waals surface area contributed by atoms with Crippen molar-refractivity contribution >= 4 is 12.1 Å². The van der Waals surface area contributed by atoms with Gasteiger partial charge in [0.05, 0.1) is 31.0 Å². The van der Waals surface area contributed by atoms with Crippen LogP contribution in [0.5, 0.6) is 5.75 Å². The summed E-state index contributed by atoms with van der Waals surface area (Å²) in [5.74, 6) is -2.01. The van der Waals surface area contributed by atoms with E-state index in [1.165, 1.54) is 35.8 Å². The minimum atomic E-state index is -0.793. The number of methoxy groups -OCH3 is 1. The first-order valence-electron chi connectivity index (χ1n) is 12.0. The van der Waals surface area contributed by atoms with Crippen LogP contribution in [0.15, 0.2) is 41.6 Å². The highest BCUT2D eigenvalue weighted by Crippen LogP contribution is 2.38. The van der Waals surface area contributed by atoms with Gasteiger partial charge in [0.1, 0.15) is 17.8 Å². The smallest absolute Gasteiger partial charge is 0.419 e. The number of imidazole rings is 1. The van der Waals surface area contributed by atoms with Crippen LogP contribution in [0.25, 0.3) is 0 Å². The summed E-state index contributed by atoms with van der Waals surface area (Å²) in [6.45, 7) is 8.80. The average Bonchev–Trinajstić information content (AvgIpc) is 3.35. The molecule has 2 atom stereocenters. The molecule has 0 spiro atoms. The molecule has 1 aromatic carbocycles. The number of carbonyl (C=O) groups excluding carboxylic acids is 2. The molecule has 0 fully saturated rings. The third-order valence-corrected chi connectivity index (χ3v) is 5.81. The van der Waals surface area contributed by atoms with Crippen LogP contribution in [0.3, 0.4) is 0 Å². The molecule has 0 N–H and O–H groups in total. The lowest BCUT2D eigenvalue weighted by Gasteiger charge is -2.25. The zero-order valence-corrected chi connectivity index (χ0v) is 22.5.